The average Bonchev–Trinajstić information content (AvgIpc) is 2.48. The van der Waals surface area contributed by atoms with Gasteiger partial charge in [0.15, 0.2) is 0 Å². The lowest BCUT2D eigenvalue weighted by Crippen LogP contribution is -2.27. The van der Waals surface area contributed by atoms with E-state index in [1.807, 2.05) is 48.5 Å². The van der Waals surface area contributed by atoms with Crippen molar-refractivity contribution in [2.75, 3.05) is 5.88 Å². The van der Waals surface area contributed by atoms with Crippen molar-refractivity contribution in [2.45, 2.75) is 24.9 Å². The molecule has 2 heteroatoms. The summed E-state index contributed by atoms with van der Waals surface area (Å²) in [5.74, 6) is 0.459. The maximum atomic E-state index is 10.9. The van der Waals surface area contributed by atoms with Gasteiger partial charge in [0.1, 0.15) is 0 Å². The van der Waals surface area contributed by atoms with Crippen molar-refractivity contribution in [1.82, 2.24) is 0 Å². The second kappa shape index (κ2) is 6.74. The standard InChI is InChI=1S/C17H19ClO/c18-14-13-17(19,16-9-5-2-6-10-16)12-11-15-7-3-1-4-8-15/h1-10,19H,11-14H2. The first-order valence-electron chi connectivity index (χ1n) is 6.62. The van der Waals surface area contributed by atoms with Gasteiger partial charge in [-0.2, -0.15) is 0 Å². The summed E-state index contributed by atoms with van der Waals surface area (Å²) < 4.78 is 0. The molecule has 2 aromatic carbocycles. The van der Waals surface area contributed by atoms with Crippen LogP contribution in [0.2, 0.25) is 0 Å². The molecule has 0 saturated heterocycles. The Balaban J connectivity index is 2.12. The number of aryl methyl sites for hydroxylation is 1. The van der Waals surface area contributed by atoms with Crippen LogP contribution in [-0.4, -0.2) is 11.0 Å². The van der Waals surface area contributed by atoms with Crippen molar-refractivity contribution in [3.8, 4) is 0 Å². The predicted molar refractivity (Wildman–Crippen MR) is 80.4 cm³/mol. The van der Waals surface area contributed by atoms with Crippen LogP contribution in [0.3, 0.4) is 0 Å². The van der Waals surface area contributed by atoms with E-state index in [2.05, 4.69) is 12.1 Å². The van der Waals surface area contributed by atoms with Crippen molar-refractivity contribution in [3.63, 3.8) is 0 Å². The summed E-state index contributed by atoms with van der Waals surface area (Å²) in [6, 6.07) is 20.0. The molecule has 0 heterocycles. The summed E-state index contributed by atoms with van der Waals surface area (Å²) in [7, 11) is 0. The number of hydrogen-bond donors (Lipinski definition) is 1. The molecule has 0 amide bonds. The number of hydrogen-bond acceptors (Lipinski definition) is 1. The second-order valence-corrected chi connectivity index (χ2v) is 5.20. The highest BCUT2D eigenvalue weighted by atomic mass is 35.5. The van der Waals surface area contributed by atoms with Crippen molar-refractivity contribution in [1.29, 1.82) is 0 Å². The molecule has 19 heavy (non-hydrogen) atoms. The molecule has 1 unspecified atom stereocenters. The lowest BCUT2D eigenvalue weighted by atomic mass is 9.85. The first-order chi connectivity index (χ1) is 9.24. The van der Waals surface area contributed by atoms with Gasteiger partial charge in [-0.15, -0.1) is 11.6 Å². The molecule has 0 saturated carbocycles. The second-order valence-electron chi connectivity index (χ2n) is 4.82. The molecular weight excluding hydrogens is 256 g/mol. The Morgan fingerprint density at radius 3 is 2.00 bits per heavy atom. The van der Waals surface area contributed by atoms with Gasteiger partial charge in [-0.25, -0.2) is 0 Å². The van der Waals surface area contributed by atoms with Gasteiger partial charge in [-0.05, 0) is 30.4 Å². The molecule has 2 aromatic rings. The van der Waals surface area contributed by atoms with Crippen LogP contribution in [0.4, 0.5) is 0 Å². The third-order valence-electron chi connectivity index (χ3n) is 3.49. The summed E-state index contributed by atoms with van der Waals surface area (Å²) in [5, 5.41) is 10.9. The summed E-state index contributed by atoms with van der Waals surface area (Å²) >= 11 is 5.86. The molecule has 0 radical (unpaired) electrons. The third kappa shape index (κ3) is 3.82. The molecule has 1 nitrogen and oxygen atoms in total. The van der Waals surface area contributed by atoms with Crippen LogP contribution in [0, 0.1) is 0 Å². The van der Waals surface area contributed by atoms with Crippen LogP contribution in [-0.2, 0) is 12.0 Å². The Morgan fingerprint density at radius 1 is 0.842 bits per heavy atom. The molecule has 1 atom stereocenters. The van der Waals surface area contributed by atoms with Gasteiger partial charge in [0, 0.05) is 5.88 Å². The molecule has 0 bridgehead atoms. The molecule has 0 fully saturated rings. The molecule has 0 aliphatic rings. The van der Waals surface area contributed by atoms with Crippen LogP contribution < -0.4 is 0 Å². The lowest BCUT2D eigenvalue weighted by Gasteiger charge is -2.28. The van der Waals surface area contributed by atoms with E-state index >= 15 is 0 Å². The first kappa shape index (κ1) is 14.1. The van der Waals surface area contributed by atoms with E-state index in [-0.39, 0.29) is 0 Å². The van der Waals surface area contributed by atoms with Gasteiger partial charge < -0.3 is 5.11 Å². The largest absolute Gasteiger partial charge is 0.385 e. The number of rotatable bonds is 6. The minimum absolute atomic E-state index is 0.459. The number of aliphatic hydroxyl groups is 1. The van der Waals surface area contributed by atoms with Crippen LogP contribution in [0.25, 0.3) is 0 Å². The zero-order valence-electron chi connectivity index (χ0n) is 10.9. The minimum Gasteiger partial charge on any atom is -0.385 e. The maximum Gasteiger partial charge on any atom is 0.0911 e. The van der Waals surface area contributed by atoms with Gasteiger partial charge in [0.05, 0.1) is 5.60 Å². The average molecular weight is 275 g/mol. The number of halogens is 1. The zero-order valence-corrected chi connectivity index (χ0v) is 11.7. The van der Waals surface area contributed by atoms with Crippen molar-refractivity contribution >= 4 is 11.6 Å². The molecule has 1 N–H and O–H groups in total. The third-order valence-corrected chi connectivity index (χ3v) is 3.68. The Morgan fingerprint density at radius 2 is 1.42 bits per heavy atom. The summed E-state index contributed by atoms with van der Waals surface area (Å²) in [6.07, 6.45) is 2.11. The van der Waals surface area contributed by atoms with Crippen molar-refractivity contribution in [3.05, 3.63) is 71.8 Å². The van der Waals surface area contributed by atoms with E-state index in [0.717, 1.165) is 12.0 Å². The van der Waals surface area contributed by atoms with Gasteiger partial charge in [-0.1, -0.05) is 60.7 Å². The first-order valence-corrected chi connectivity index (χ1v) is 7.16. The van der Waals surface area contributed by atoms with Crippen LogP contribution >= 0.6 is 11.6 Å². The van der Waals surface area contributed by atoms with E-state index in [1.165, 1.54) is 5.56 Å². The Hall–Kier alpha value is -1.31. The van der Waals surface area contributed by atoms with Crippen molar-refractivity contribution < 1.29 is 5.11 Å². The monoisotopic (exact) mass is 274 g/mol. The number of benzene rings is 2. The predicted octanol–water partition coefficient (Wildman–Crippen LogP) is 4.14. The Labute approximate surface area is 119 Å². The topological polar surface area (TPSA) is 20.2 Å². The lowest BCUT2D eigenvalue weighted by molar-refractivity contribution is 0.0245. The van der Waals surface area contributed by atoms with Gasteiger partial charge in [-0.3, -0.25) is 0 Å². The Bertz CT molecular complexity index is 483. The molecule has 100 valence electrons. The molecule has 0 spiro atoms. The molecule has 0 aliphatic carbocycles. The van der Waals surface area contributed by atoms with E-state index in [4.69, 9.17) is 11.6 Å². The quantitative estimate of drug-likeness (QED) is 0.785. The highest BCUT2D eigenvalue weighted by Gasteiger charge is 2.27. The van der Waals surface area contributed by atoms with E-state index in [1.54, 1.807) is 0 Å². The van der Waals surface area contributed by atoms with E-state index in [9.17, 15) is 5.11 Å². The Kier molecular flexibility index (Phi) is 5.00. The van der Waals surface area contributed by atoms with Gasteiger partial charge in [0.25, 0.3) is 0 Å². The summed E-state index contributed by atoms with van der Waals surface area (Å²) in [5.41, 5.74) is 1.36. The van der Waals surface area contributed by atoms with Gasteiger partial charge in [0.2, 0.25) is 0 Å². The fraction of sp³-hybridized carbons (Fsp3) is 0.294. The number of alkyl halides is 1. The maximum absolute atomic E-state index is 10.9. The fourth-order valence-corrected chi connectivity index (χ4v) is 2.63. The summed E-state index contributed by atoms with van der Waals surface area (Å²) in [6.45, 7) is 0. The normalized spacial score (nSPS) is 14.0. The fourth-order valence-electron chi connectivity index (χ4n) is 2.31. The SMILES string of the molecule is OC(CCCl)(CCc1ccccc1)c1ccccc1. The van der Waals surface area contributed by atoms with Gasteiger partial charge >= 0.3 is 0 Å². The van der Waals surface area contributed by atoms with Crippen molar-refractivity contribution in [2.24, 2.45) is 0 Å². The zero-order chi connectivity index (χ0) is 13.6. The minimum atomic E-state index is -0.834. The molecular formula is C17H19ClO. The van der Waals surface area contributed by atoms with E-state index < -0.39 is 5.60 Å². The molecule has 2 rings (SSSR count). The van der Waals surface area contributed by atoms with Crippen LogP contribution in [0.5, 0.6) is 0 Å². The highest BCUT2D eigenvalue weighted by molar-refractivity contribution is 6.17. The molecule has 0 aliphatic heterocycles. The highest BCUT2D eigenvalue weighted by Crippen LogP contribution is 2.30. The summed E-state index contributed by atoms with van der Waals surface area (Å²) in [4.78, 5) is 0. The van der Waals surface area contributed by atoms with Crippen LogP contribution in [0.15, 0.2) is 60.7 Å². The van der Waals surface area contributed by atoms with Crippen LogP contribution in [0.1, 0.15) is 24.0 Å². The smallest absolute Gasteiger partial charge is 0.0911 e. The van der Waals surface area contributed by atoms with E-state index in [0.29, 0.717) is 18.7 Å². The molecule has 0 aromatic heterocycles.